The van der Waals surface area contributed by atoms with E-state index in [4.69, 9.17) is 4.74 Å². The van der Waals surface area contributed by atoms with Gasteiger partial charge in [-0.2, -0.15) is 0 Å². The number of nitrogens with zero attached hydrogens (tertiary/aromatic N) is 1. The van der Waals surface area contributed by atoms with Crippen LogP contribution < -0.4 is 0 Å². The average Bonchev–Trinajstić information content (AvgIpc) is 2.96. The average molecular weight is 215 g/mol. The lowest BCUT2D eigenvalue weighted by Crippen LogP contribution is -2.05. The zero-order valence-corrected chi connectivity index (χ0v) is 8.93. The van der Waals surface area contributed by atoms with E-state index in [1.807, 2.05) is 30.5 Å². The molecule has 2 aromatic rings. The Kier molecular flexibility index (Phi) is 2.26. The predicted molar refractivity (Wildman–Crippen MR) is 61.5 cm³/mol. The van der Waals surface area contributed by atoms with Crippen molar-refractivity contribution >= 4 is 17.2 Å². The molecular weight excluding hydrogens is 202 g/mol. The lowest BCUT2D eigenvalue weighted by atomic mass is 10.2. The molecule has 3 heteroatoms. The zero-order valence-electron chi connectivity index (χ0n) is 8.93. The Morgan fingerprint density at radius 1 is 1.38 bits per heavy atom. The summed E-state index contributed by atoms with van der Waals surface area (Å²) in [7, 11) is 0. The summed E-state index contributed by atoms with van der Waals surface area (Å²) in [6.45, 7) is 0.844. The highest BCUT2D eigenvalue weighted by molar-refractivity contribution is 5.87. The minimum absolute atomic E-state index is 0.166. The van der Waals surface area contributed by atoms with Gasteiger partial charge in [-0.05, 0) is 37.1 Å². The molecule has 0 spiro atoms. The maximum atomic E-state index is 10.7. The first-order valence-electron chi connectivity index (χ1n) is 5.56. The number of hydrogen-bond donors (Lipinski definition) is 0. The number of benzene rings is 1. The van der Waals surface area contributed by atoms with Gasteiger partial charge < -0.3 is 9.30 Å². The second-order valence-corrected chi connectivity index (χ2v) is 4.13. The fourth-order valence-electron chi connectivity index (χ4n) is 2.29. The van der Waals surface area contributed by atoms with Crippen LogP contribution in [0.15, 0.2) is 30.5 Å². The second kappa shape index (κ2) is 3.76. The summed E-state index contributed by atoms with van der Waals surface area (Å²) in [5.74, 6) is 0. The van der Waals surface area contributed by atoms with Crippen molar-refractivity contribution in [3.8, 4) is 0 Å². The van der Waals surface area contributed by atoms with Crippen LogP contribution >= 0.6 is 0 Å². The molecule has 82 valence electrons. The van der Waals surface area contributed by atoms with Crippen LogP contribution in [0.4, 0.5) is 0 Å². The van der Waals surface area contributed by atoms with Gasteiger partial charge in [0.1, 0.15) is 12.5 Å². The summed E-state index contributed by atoms with van der Waals surface area (Å²) in [6.07, 6.45) is 5.27. The number of aromatic nitrogens is 1. The predicted octanol–water partition coefficient (Wildman–Crippen LogP) is 2.76. The molecule has 0 bridgehead atoms. The molecule has 0 amide bonds. The highest BCUT2D eigenvalue weighted by Gasteiger charge is 2.18. The number of hydrogen-bond acceptors (Lipinski definition) is 2. The maximum absolute atomic E-state index is 10.7. The van der Waals surface area contributed by atoms with E-state index in [-0.39, 0.29) is 6.23 Å². The molecule has 0 aliphatic carbocycles. The van der Waals surface area contributed by atoms with Crippen molar-refractivity contribution in [2.24, 2.45) is 0 Å². The number of fused-ring (bicyclic) bond motifs is 1. The van der Waals surface area contributed by atoms with Crippen LogP contribution in [-0.4, -0.2) is 17.5 Å². The Morgan fingerprint density at radius 3 is 3.06 bits per heavy atom. The number of carbonyl (C=O) groups excluding carboxylic acids is 1. The van der Waals surface area contributed by atoms with E-state index >= 15 is 0 Å². The van der Waals surface area contributed by atoms with Crippen molar-refractivity contribution in [1.82, 2.24) is 4.57 Å². The molecule has 0 saturated carbocycles. The topological polar surface area (TPSA) is 31.2 Å². The first-order chi connectivity index (χ1) is 7.88. The molecule has 1 unspecified atom stereocenters. The van der Waals surface area contributed by atoms with Crippen LogP contribution in [0.3, 0.4) is 0 Å². The fraction of sp³-hybridized carbons (Fsp3) is 0.308. The lowest BCUT2D eigenvalue weighted by Gasteiger charge is -2.13. The zero-order chi connectivity index (χ0) is 11.0. The molecule has 1 aromatic heterocycles. The molecule has 1 aliphatic heterocycles. The van der Waals surface area contributed by atoms with Crippen molar-refractivity contribution in [2.75, 3.05) is 6.61 Å². The third-order valence-corrected chi connectivity index (χ3v) is 3.10. The van der Waals surface area contributed by atoms with Crippen LogP contribution in [-0.2, 0) is 4.74 Å². The van der Waals surface area contributed by atoms with Gasteiger partial charge in [0.15, 0.2) is 0 Å². The molecule has 3 rings (SSSR count). The van der Waals surface area contributed by atoms with E-state index in [0.29, 0.717) is 0 Å². The fourth-order valence-corrected chi connectivity index (χ4v) is 2.29. The molecule has 1 aromatic carbocycles. The summed E-state index contributed by atoms with van der Waals surface area (Å²) in [4.78, 5) is 10.7. The van der Waals surface area contributed by atoms with E-state index in [1.54, 1.807) is 0 Å². The van der Waals surface area contributed by atoms with Gasteiger partial charge in [0.2, 0.25) is 0 Å². The number of ether oxygens (including phenoxy) is 1. The van der Waals surface area contributed by atoms with Crippen molar-refractivity contribution < 1.29 is 9.53 Å². The van der Waals surface area contributed by atoms with Gasteiger partial charge in [-0.1, -0.05) is 0 Å². The van der Waals surface area contributed by atoms with Gasteiger partial charge in [0, 0.05) is 23.8 Å². The second-order valence-electron chi connectivity index (χ2n) is 4.13. The highest BCUT2D eigenvalue weighted by Crippen LogP contribution is 2.28. The van der Waals surface area contributed by atoms with E-state index in [2.05, 4.69) is 4.57 Å². The normalized spacial score (nSPS) is 20.4. The summed E-state index contributed by atoms with van der Waals surface area (Å²) in [6, 6.07) is 7.78. The third-order valence-electron chi connectivity index (χ3n) is 3.10. The van der Waals surface area contributed by atoms with Gasteiger partial charge >= 0.3 is 0 Å². The Bertz CT molecular complexity index is 524. The SMILES string of the molecule is O=Cc1ccc2c(ccn2C2CCCO2)c1. The summed E-state index contributed by atoms with van der Waals surface area (Å²) < 4.78 is 7.81. The largest absolute Gasteiger partial charge is 0.358 e. The van der Waals surface area contributed by atoms with E-state index in [1.165, 1.54) is 0 Å². The molecule has 0 radical (unpaired) electrons. The number of carbonyl (C=O) groups is 1. The molecule has 3 nitrogen and oxygen atoms in total. The maximum Gasteiger partial charge on any atom is 0.150 e. The minimum atomic E-state index is 0.166. The first kappa shape index (κ1) is 9.60. The Morgan fingerprint density at radius 2 is 2.31 bits per heavy atom. The third kappa shape index (κ3) is 1.44. The minimum Gasteiger partial charge on any atom is -0.358 e. The van der Waals surface area contributed by atoms with Crippen molar-refractivity contribution in [2.45, 2.75) is 19.1 Å². The molecular formula is C13H13NO2. The van der Waals surface area contributed by atoms with Crippen molar-refractivity contribution in [3.05, 3.63) is 36.0 Å². The Labute approximate surface area is 93.6 Å². The number of rotatable bonds is 2. The Hall–Kier alpha value is -1.61. The van der Waals surface area contributed by atoms with E-state index in [0.717, 1.165) is 42.2 Å². The smallest absolute Gasteiger partial charge is 0.150 e. The highest BCUT2D eigenvalue weighted by atomic mass is 16.5. The molecule has 1 aliphatic rings. The van der Waals surface area contributed by atoms with E-state index in [9.17, 15) is 4.79 Å². The van der Waals surface area contributed by atoms with Gasteiger partial charge in [0.25, 0.3) is 0 Å². The van der Waals surface area contributed by atoms with Gasteiger partial charge in [-0.25, -0.2) is 0 Å². The van der Waals surface area contributed by atoms with E-state index < -0.39 is 0 Å². The summed E-state index contributed by atoms with van der Waals surface area (Å²) >= 11 is 0. The molecule has 2 heterocycles. The number of aldehydes is 1. The molecule has 0 N–H and O–H groups in total. The van der Waals surface area contributed by atoms with Crippen LogP contribution in [0.2, 0.25) is 0 Å². The van der Waals surface area contributed by atoms with Crippen molar-refractivity contribution in [1.29, 1.82) is 0 Å². The van der Waals surface area contributed by atoms with Crippen LogP contribution in [0.5, 0.6) is 0 Å². The van der Waals surface area contributed by atoms with Crippen LogP contribution in [0, 0.1) is 0 Å². The van der Waals surface area contributed by atoms with Crippen LogP contribution in [0.25, 0.3) is 10.9 Å². The molecule has 16 heavy (non-hydrogen) atoms. The van der Waals surface area contributed by atoms with Gasteiger partial charge in [-0.15, -0.1) is 0 Å². The van der Waals surface area contributed by atoms with Crippen LogP contribution in [0.1, 0.15) is 29.4 Å². The monoisotopic (exact) mass is 215 g/mol. The van der Waals surface area contributed by atoms with Gasteiger partial charge in [0.05, 0.1) is 5.52 Å². The Balaban J connectivity index is 2.09. The molecule has 1 atom stereocenters. The standard InChI is InChI=1S/C13H13NO2/c15-9-10-3-4-12-11(8-10)5-6-14(12)13-2-1-7-16-13/h3-6,8-9,13H,1-2,7H2. The summed E-state index contributed by atoms with van der Waals surface area (Å²) in [5, 5.41) is 1.10. The lowest BCUT2D eigenvalue weighted by molar-refractivity contribution is 0.0601. The van der Waals surface area contributed by atoms with Gasteiger partial charge in [-0.3, -0.25) is 4.79 Å². The molecule has 1 fully saturated rings. The molecule has 1 saturated heterocycles. The van der Waals surface area contributed by atoms with Crippen molar-refractivity contribution in [3.63, 3.8) is 0 Å². The first-order valence-corrected chi connectivity index (χ1v) is 5.56. The summed E-state index contributed by atoms with van der Waals surface area (Å²) in [5.41, 5.74) is 1.86. The quantitative estimate of drug-likeness (QED) is 0.721.